The number of hydrogen-bond acceptors (Lipinski definition) is 7. The van der Waals surface area contributed by atoms with Crippen molar-refractivity contribution in [2.75, 3.05) is 51.6 Å². The minimum atomic E-state index is -0.886. The van der Waals surface area contributed by atoms with Crippen molar-refractivity contribution in [2.45, 2.75) is 63.9 Å². The van der Waals surface area contributed by atoms with Gasteiger partial charge in [0, 0.05) is 110 Å². The largest absolute Gasteiger partial charge is 0.478 e. The summed E-state index contributed by atoms with van der Waals surface area (Å²) in [6.07, 6.45) is 8.13. The Morgan fingerprint density at radius 2 is 0.957 bits per heavy atom. The zero-order valence-corrected chi connectivity index (χ0v) is 39.8. The van der Waals surface area contributed by atoms with E-state index in [0.717, 1.165) is 110 Å². The predicted octanol–water partition coefficient (Wildman–Crippen LogP) is 10.8. The van der Waals surface area contributed by atoms with Crippen LogP contribution in [0.5, 0.6) is 0 Å². The normalized spacial score (nSPS) is 14.3. The number of ether oxygens (including phenoxy) is 2. The molecular weight excluding hydrogens is 861 g/mol. The summed E-state index contributed by atoms with van der Waals surface area (Å²) in [7, 11) is 4.36. The highest BCUT2D eigenvalue weighted by molar-refractivity contribution is 6.13. The van der Waals surface area contributed by atoms with Gasteiger partial charge >= 0.3 is 5.97 Å². The van der Waals surface area contributed by atoms with Crippen molar-refractivity contribution in [3.05, 3.63) is 203 Å². The molecule has 6 aromatic carbocycles. The van der Waals surface area contributed by atoms with Crippen LogP contribution in [-0.4, -0.2) is 88.5 Å². The molecule has 2 aliphatic rings. The number of nitrogens with one attached hydrogen (secondary N) is 1. The lowest BCUT2D eigenvalue weighted by Crippen LogP contribution is -2.36. The van der Waals surface area contributed by atoms with Gasteiger partial charge < -0.3 is 34.8 Å². The highest BCUT2D eigenvalue weighted by Crippen LogP contribution is 2.26. The van der Waals surface area contributed by atoms with Crippen LogP contribution in [0.2, 0.25) is 0 Å². The molecule has 0 spiro atoms. The number of anilines is 2. The van der Waals surface area contributed by atoms with Gasteiger partial charge in [-0.25, -0.2) is 4.79 Å². The average Bonchev–Trinajstić information content (AvgIpc) is 3.95. The Kier molecular flexibility index (Phi) is 16.7. The third-order valence-electron chi connectivity index (χ3n) is 13.1. The Bertz CT molecular complexity index is 2870. The Morgan fingerprint density at radius 1 is 0.551 bits per heavy atom. The second kappa shape index (κ2) is 23.8. The van der Waals surface area contributed by atoms with Crippen molar-refractivity contribution in [2.24, 2.45) is 0 Å². The van der Waals surface area contributed by atoms with Crippen LogP contribution in [0.25, 0.3) is 21.8 Å². The maximum absolute atomic E-state index is 13.2. The lowest BCUT2D eigenvalue weighted by atomic mass is 10.1. The highest BCUT2D eigenvalue weighted by Gasteiger charge is 2.20. The summed E-state index contributed by atoms with van der Waals surface area (Å²) in [5, 5.41) is 14.1. The van der Waals surface area contributed by atoms with Gasteiger partial charge in [-0.1, -0.05) is 121 Å². The number of aromatic carboxylic acids is 1. The van der Waals surface area contributed by atoms with Crippen LogP contribution >= 0.6 is 0 Å². The second-order valence-corrected chi connectivity index (χ2v) is 18.1. The fourth-order valence-electron chi connectivity index (χ4n) is 9.27. The van der Waals surface area contributed by atoms with Crippen molar-refractivity contribution >= 4 is 45.1 Å². The summed E-state index contributed by atoms with van der Waals surface area (Å²) < 4.78 is 15.0. The van der Waals surface area contributed by atoms with Crippen LogP contribution in [0.3, 0.4) is 0 Å². The van der Waals surface area contributed by atoms with E-state index in [1.54, 1.807) is 6.20 Å². The summed E-state index contributed by atoms with van der Waals surface area (Å²) in [5.41, 5.74) is 15.3. The summed E-state index contributed by atoms with van der Waals surface area (Å²) in [4.78, 5) is 29.3. The molecule has 11 heteroatoms. The molecule has 0 radical (unpaired) electrons. The number of carboxylic acid groups (broad SMARTS) is 1. The number of nitrogen functional groups attached to an aromatic ring is 1. The number of aromatic nitrogens is 2. The molecule has 8 aromatic rings. The average molecular weight is 925 g/mol. The molecule has 2 saturated heterocycles. The van der Waals surface area contributed by atoms with E-state index in [1.165, 1.54) is 16.7 Å². The zero-order valence-electron chi connectivity index (χ0n) is 39.8. The minimum Gasteiger partial charge on any atom is -0.478 e. The molecule has 0 aliphatic carbocycles. The Balaban J connectivity index is 0.000000154. The molecule has 0 bridgehead atoms. The molecule has 2 aliphatic heterocycles. The number of hydrogen-bond donors (Lipinski definition) is 3. The van der Waals surface area contributed by atoms with E-state index >= 15 is 0 Å². The van der Waals surface area contributed by atoms with Crippen LogP contribution in [0, 0.1) is 0 Å². The zero-order chi connectivity index (χ0) is 48.0. The Labute approximate surface area is 405 Å². The minimum absolute atomic E-state index is 0.0879. The standard InChI is InChI=1S/C29H31N3O2.C16H13NO2.C13H20N2O/c1-31(25-15-17-34-18-16-25)19-23-11-13-24(14-12-23)30-29(33)27-21-32(20-22-7-3-2-4-8-22)28-10-6-5-9-26(27)28;18-16(19)14-11-17(10-12-6-2-1-3-7-12)15-9-5-4-8-13(14)15;1-15(13-6-8-16-9-7-13)10-11-2-4-12(14)5-3-11/h2-14,21,25H,15-20H2,1H3,(H,30,33);1-9,11H,10H2,(H,18,19);2-5,13H,6-10,14H2,1H3. The fourth-order valence-corrected chi connectivity index (χ4v) is 9.27. The molecule has 0 saturated carbocycles. The van der Waals surface area contributed by atoms with Crippen LogP contribution in [0.15, 0.2) is 170 Å². The quantitative estimate of drug-likeness (QED) is 0.0976. The van der Waals surface area contributed by atoms with Crippen molar-refractivity contribution in [1.82, 2.24) is 18.9 Å². The van der Waals surface area contributed by atoms with Gasteiger partial charge in [0.1, 0.15) is 0 Å². The molecular formula is C58H64N6O5. The first kappa shape index (κ1) is 48.4. The number of nitrogens with zero attached hydrogens (tertiary/aromatic N) is 4. The molecule has 4 N–H and O–H groups in total. The fraction of sp³-hybridized carbons (Fsp3) is 0.276. The van der Waals surface area contributed by atoms with Gasteiger partial charge in [-0.3, -0.25) is 14.6 Å². The molecule has 356 valence electrons. The van der Waals surface area contributed by atoms with Gasteiger partial charge in [-0.15, -0.1) is 0 Å². The molecule has 0 unspecified atom stereocenters. The third kappa shape index (κ3) is 13.2. The number of carbonyl (C=O) groups excluding carboxylic acids is 1. The lowest BCUT2D eigenvalue weighted by Gasteiger charge is -2.31. The van der Waals surface area contributed by atoms with E-state index in [4.69, 9.17) is 15.2 Å². The van der Waals surface area contributed by atoms with Gasteiger partial charge in [0.05, 0.1) is 11.1 Å². The molecule has 4 heterocycles. The second-order valence-electron chi connectivity index (χ2n) is 18.1. The van der Waals surface area contributed by atoms with Gasteiger partial charge in [0.15, 0.2) is 0 Å². The van der Waals surface area contributed by atoms with E-state index < -0.39 is 5.97 Å². The van der Waals surface area contributed by atoms with Crippen molar-refractivity contribution < 1.29 is 24.2 Å². The maximum atomic E-state index is 13.2. The van der Waals surface area contributed by atoms with Crippen LogP contribution in [0.4, 0.5) is 11.4 Å². The summed E-state index contributed by atoms with van der Waals surface area (Å²) in [5.74, 6) is -0.974. The number of carboxylic acids is 1. The molecule has 69 heavy (non-hydrogen) atoms. The first-order valence-corrected chi connectivity index (χ1v) is 24.0. The van der Waals surface area contributed by atoms with Crippen LogP contribution < -0.4 is 11.1 Å². The molecule has 2 aromatic heterocycles. The number of rotatable bonds is 13. The van der Waals surface area contributed by atoms with Gasteiger partial charge in [0.25, 0.3) is 5.91 Å². The molecule has 2 fully saturated rings. The van der Waals surface area contributed by atoms with E-state index in [-0.39, 0.29) is 5.91 Å². The monoisotopic (exact) mass is 924 g/mol. The summed E-state index contributed by atoms with van der Waals surface area (Å²) in [6, 6.07) is 53.6. The first-order valence-electron chi connectivity index (χ1n) is 24.0. The van der Waals surface area contributed by atoms with Gasteiger partial charge in [0.2, 0.25) is 0 Å². The van der Waals surface area contributed by atoms with Gasteiger partial charge in [-0.05, 0) is 98.4 Å². The summed E-state index contributed by atoms with van der Waals surface area (Å²) in [6.45, 7) is 6.78. The number of fused-ring (bicyclic) bond motifs is 2. The summed E-state index contributed by atoms with van der Waals surface area (Å²) >= 11 is 0. The Morgan fingerprint density at radius 3 is 1.42 bits per heavy atom. The van der Waals surface area contributed by atoms with Crippen LogP contribution in [0.1, 0.15) is 68.7 Å². The molecule has 0 atom stereocenters. The van der Waals surface area contributed by atoms with Crippen molar-refractivity contribution in [1.29, 1.82) is 0 Å². The number of nitrogens with two attached hydrogens (primary N) is 1. The molecule has 11 nitrogen and oxygen atoms in total. The molecule has 10 rings (SSSR count). The first-order chi connectivity index (χ1) is 33.7. The van der Waals surface area contributed by atoms with Crippen molar-refractivity contribution in [3.8, 4) is 0 Å². The number of carbonyl (C=O) groups is 2. The topological polar surface area (TPSA) is 127 Å². The van der Waals surface area contributed by atoms with Crippen molar-refractivity contribution in [3.63, 3.8) is 0 Å². The molecule has 1 amide bonds. The number of benzene rings is 6. The number of amides is 1. The smallest absolute Gasteiger partial charge is 0.337 e. The predicted molar refractivity (Wildman–Crippen MR) is 278 cm³/mol. The number of para-hydroxylation sites is 2. The van der Waals surface area contributed by atoms with E-state index in [2.05, 4.69) is 76.2 Å². The highest BCUT2D eigenvalue weighted by atomic mass is 16.5. The van der Waals surface area contributed by atoms with Gasteiger partial charge in [-0.2, -0.15) is 0 Å². The van der Waals surface area contributed by atoms with E-state index in [9.17, 15) is 14.7 Å². The maximum Gasteiger partial charge on any atom is 0.337 e. The third-order valence-corrected chi connectivity index (χ3v) is 13.1. The lowest BCUT2D eigenvalue weighted by molar-refractivity contribution is 0.0406. The van der Waals surface area contributed by atoms with E-state index in [1.807, 2.05) is 126 Å². The van der Waals surface area contributed by atoms with E-state index in [0.29, 0.717) is 29.8 Å². The SMILES string of the molecule is CN(Cc1ccc(N)cc1)C1CCOCC1.CN(Cc1ccc(NC(=O)c2cn(Cc3ccccc3)c3ccccc23)cc1)C1CCOCC1.O=C(O)c1cn(Cc2ccccc2)c2ccccc12. The Hall–Kier alpha value is -7.02. The van der Waals surface area contributed by atoms with Crippen LogP contribution in [-0.2, 0) is 35.7 Å².